The van der Waals surface area contributed by atoms with E-state index in [1.807, 2.05) is 0 Å². The fourth-order valence-corrected chi connectivity index (χ4v) is 2.26. The number of methoxy groups -OCH3 is 1. The topological polar surface area (TPSA) is 143 Å². The molecular formula is C19H22N4O7. The van der Waals surface area contributed by atoms with E-state index in [0.717, 1.165) is 6.07 Å². The van der Waals surface area contributed by atoms with Crippen molar-refractivity contribution in [3.8, 4) is 11.8 Å². The van der Waals surface area contributed by atoms with Gasteiger partial charge in [-0.05, 0) is 45.9 Å². The van der Waals surface area contributed by atoms with Gasteiger partial charge in [0.15, 0.2) is 5.69 Å². The number of esters is 1. The maximum Gasteiger partial charge on any atom is 0.356 e. The first-order chi connectivity index (χ1) is 14.1. The van der Waals surface area contributed by atoms with E-state index in [4.69, 9.17) is 9.47 Å². The number of carbonyl (C=O) groups excluding carboxylic acids is 2. The van der Waals surface area contributed by atoms with E-state index >= 15 is 0 Å². The average Bonchev–Trinajstić information content (AvgIpc) is 2.67. The van der Waals surface area contributed by atoms with Gasteiger partial charge in [-0.15, -0.1) is 0 Å². The molecule has 0 saturated heterocycles. The van der Waals surface area contributed by atoms with Crippen molar-refractivity contribution >= 4 is 23.3 Å². The quantitative estimate of drug-likeness (QED) is 0.389. The zero-order valence-electron chi connectivity index (χ0n) is 17.2. The van der Waals surface area contributed by atoms with Gasteiger partial charge < -0.3 is 19.5 Å². The van der Waals surface area contributed by atoms with E-state index in [1.54, 1.807) is 27.7 Å². The maximum atomic E-state index is 12.7. The zero-order valence-corrected chi connectivity index (χ0v) is 17.2. The van der Waals surface area contributed by atoms with Gasteiger partial charge >= 0.3 is 11.7 Å². The number of ether oxygens (including phenoxy) is 3. The molecule has 0 aliphatic heterocycles. The second-order valence-corrected chi connectivity index (χ2v) is 6.61. The van der Waals surface area contributed by atoms with Crippen molar-refractivity contribution in [3.05, 3.63) is 45.8 Å². The highest BCUT2D eigenvalue weighted by atomic mass is 16.6. The summed E-state index contributed by atoms with van der Waals surface area (Å²) in [5.41, 5.74) is -0.267. The summed E-state index contributed by atoms with van der Waals surface area (Å²) in [6.07, 6.45) is -0.666. The Labute approximate surface area is 172 Å². The predicted octanol–water partition coefficient (Wildman–Crippen LogP) is 3.00. The van der Waals surface area contributed by atoms with Crippen molar-refractivity contribution in [2.24, 2.45) is 0 Å². The molecule has 0 atom stereocenters. The lowest BCUT2D eigenvalue weighted by atomic mass is 10.2. The van der Waals surface area contributed by atoms with E-state index in [9.17, 15) is 19.7 Å². The number of pyridine rings is 2. The van der Waals surface area contributed by atoms with Crippen LogP contribution >= 0.6 is 0 Å². The van der Waals surface area contributed by atoms with Gasteiger partial charge in [-0.25, -0.2) is 14.8 Å². The van der Waals surface area contributed by atoms with Crippen LogP contribution < -0.4 is 14.8 Å². The van der Waals surface area contributed by atoms with Gasteiger partial charge in [0, 0.05) is 6.07 Å². The number of hydrogen-bond acceptors (Lipinski definition) is 9. The smallest absolute Gasteiger partial charge is 0.356 e. The highest BCUT2D eigenvalue weighted by molar-refractivity contribution is 6.04. The number of carbonyl (C=O) groups is 2. The van der Waals surface area contributed by atoms with Crippen LogP contribution in [0.25, 0.3) is 0 Å². The van der Waals surface area contributed by atoms with E-state index < -0.39 is 16.8 Å². The summed E-state index contributed by atoms with van der Waals surface area (Å²) in [5, 5.41) is 13.7. The van der Waals surface area contributed by atoms with Gasteiger partial charge in [0.1, 0.15) is 11.4 Å². The number of nitrogens with one attached hydrogen (secondary N) is 1. The lowest BCUT2D eigenvalue weighted by Gasteiger charge is -2.15. The van der Waals surface area contributed by atoms with E-state index in [-0.39, 0.29) is 46.7 Å². The number of nitrogens with zero attached hydrogens (tertiary/aromatic N) is 3. The van der Waals surface area contributed by atoms with Gasteiger partial charge in [-0.1, -0.05) is 0 Å². The summed E-state index contributed by atoms with van der Waals surface area (Å²) < 4.78 is 15.6. The van der Waals surface area contributed by atoms with Gasteiger partial charge in [0.25, 0.3) is 11.8 Å². The molecule has 11 heteroatoms. The van der Waals surface area contributed by atoms with Crippen LogP contribution in [0.3, 0.4) is 0 Å². The molecule has 0 fully saturated rings. The molecule has 0 bridgehead atoms. The Morgan fingerprint density at radius 1 is 0.967 bits per heavy atom. The Balaban J connectivity index is 2.36. The van der Waals surface area contributed by atoms with Gasteiger partial charge in [-0.2, -0.15) is 0 Å². The number of anilines is 1. The van der Waals surface area contributed by atoms with Crippen LogP contribution in [0.1, 0.15) is 48.7 Å². The van der Waals surface area contributed by atoms with Crippen LogP contribution in [0.15, 0.2) is 24.3 Å². The molecule has 0 unspecified atom stereocenters. The Morgan fingerprint density at radius 2 is 1.53 bits per heavy atom. The molecule has 0 aliphatic carbocycles. The molecule has 0 aliphatic rings. The monoisotopic (exact) mass is 418 g/mol. The SMILES string of the molecule is COC(=O)c1ccc(NC(=O)c2ccc([N+](=O)[O-])c(OC(C)C)n2)c(OC(C)C)n1. The first-order valence-electron chi connectivity index (χ1n) is 9.01. The van der Waals surface area contributed by atoms with Crippen LogP contribution in [-0.2, 0) is 4.74 Å². The molecule has 160 valence electrons. The van der Waals surface area contributed by atoms with E-state index in [1.165, 1.54) is 25.3 Å². The van der Waals surface area contributed by atoms with Crippen molar-refractivity contribution in [3.63, 3.8) is 0 Å². The molecule has 0 aromatic carbocycles. The molecule has 0 spiro atoms. The first kappa shape index (κ1) is 22.5. The second-order valence-electron chi connectivity index (χ2n) is 6.61. The predicted molar refractivity (Wildman–Crippen MR) is 106 cm³/mol. The minimum Gasteiger partial charge on any atom is -0.473 e. The number of aromatic nitrogens is 2. The lowest BCUT2D eigenvalue weighted by molar-refractivity contribution is -0.386. The van der Waals surface area contributed by atoms with Crippen molar-refractivity contribution in [1.82, 2.24) is 9.97 Å². The number of nitro groups is 1. The molecule has 0 radical (unpaired) electrons. The number of hydrogen-bond donors (Lipinski definition) is 1. The van der Waals surface area contributed by atoms with Crippen molar-refractivity contribution in [2.75, 3.05) is 12.4 Å². The normalized spacial score (nSPS) is 10.6. The molecule has 2 aromatic heterocycles. The van der Waals surface area contributed by atoms with Crippen molar-refractivity contribution in [1.29, 1.82) is 0 Å². The van der Waals surface area contributed by atoms with E-state index in [2.05, 4.69) is 20.0 Å². The Morgan fingerprint density at radius 3 is 2.10 bits per heavy atom. The second kappa shape index (κ2) is 9.63. The minimum atomic E-state index is -0.667. The molecule has 0 saturated carbocycles. The largest absolute Gasteiger partial charge is 0.473 e. The fraction of sp³-hybridized carbons (Fsp3) is 0.368. The van der Waals surface area contributed by atoms with Crippen molar-refractivity contribution < 1.29 is 28.7 Å². The molecule has 2 heterocycles. The summed E-state index contributed by atoms with van der Waals surface area (Å²) in [5.74, 6) is -1.57. The third kappa shape index (κ3) is 5.63. The number of amides is 1. The van der Waals surface area contributed by atoms with Crippen LogP contribution in [0.2, 0.25) is 0 Å². The zero-order chi connectivity index (χ0) is 22.4. The van der Waals surface area contributed by atoms with Gasteiger partial charge in [-0.3, -0.25) is 14.9 Å². The summed E-state index contributed by atoms with van der Waals surface area (Å²) in [4.78, 5) is 42.9. The standard InChI is InChI=1S/C19H22N4O7/c1-10(2)29-17-13(6-7-14(22-17)19(25)28-5)20-16(24)12-8-9-15(23(26)27)18(21-12)30-11(3)4/h6-11H,1-5H3,(H,20,24). The summed E-state index contributed by atoms with van der Waals surface area (Å²) in [7, 11) is 1.22. The van der Waals surface area contributed by atoms with Crippen LogP contribution in [0, 0.1) is 10.1 Å². The number of rotatable bonds is 8. The molecule has 1 N–H and O–H groups in total. The third-order valence-electron chi connectivity index (χ3n) is 3.47. The van der Waals surface area contributed by atoms with Crippen LogP contribution in [0.5, 0.6) is 11.8 Å². The molecule has 30 heavy (non-hydrogen) atoms. The van der Waals surface area contributed by atoms with E-state index in [0.29, 0.717) is 0 Å². The first-order valence-corrected chi connectivity index (χ1v) is 9.01. The van der Waals surface area contributed by atoms with Crippen molar-refractivity contribution in [2.45, 2.75) is 39.9 Å². The molecule has 2 aromatic rings. The van der Waals surface area contributed by atoms with Crippen LogP contribution in [0.4, 0.5) is 11.4 Å². The maximum absolute atomic E-state index is 12.7. The van der Waals surface area contributed by atoms with Crippen LogP contribution in [-0.4, -0.2) is 46.1 Å². The summed E-state index contributed by atoms with van der Waals surface area (Å²) in [6, 6.07) is 5.15. The molecule has 1 amide bonds. The average molecular weight is 418 g/mol. The minimum absolute atomic E-state index is 0.00669. The Bertz CT molecular complexity index is 960. The molecular weight excluding hydrogens is 396 g/mol. The molecule has 2 rings (SSSR count). The summed E-state index contributed by atoms with van der Waals surface area (Å²) >= 11 is 0. The highest BCUT2D eigenvalue weighted by Crippen LogP contribution is 2.27. The third-order valence-corrected chi connectivity index (χ3v) is 3.47. The Hall–Kier alpha value is -3.76. The fourth-order valence-electron chi connectivity index (χ4n) is 2.26. The molecule has 11 nitrogen and oxygen atoms in total. The lowest BCUT2D eigenvalue weighted by Crippen LogP contribution is -2.18. The van der Waals surface area contributed by atoms with Gasteiger partial charge in [0.2, 0.25) is 5.88 Å². The Kier molecular flexibility index (Phi) is 7.23. The summed E-state index contributed by atoms with van der Waals surface area (Å²) in [6.45, 7) is 6.88. The highest BCUT2D eigenvalue weighted by Gasteiger charge is 2.22. The van der Waals surface area contributed by atoms with Gasteiger partial charge in [0.05, 0.1) is 24.2 Å².